The maximum Gasteiger partial charge on any atom is 0.439 e. The maximum atomic E-state index is 13.4. The number of benzene rings is 1. The summed E-state index contributed by atoms with van der Waals surface area (Å²) in [6.07, 6.45) is 2.67. The molecule has 178 valence electrons. The maximum absolute atomic E-state index is 13.4. The molecule has 0 radical (unpaired) electrons. The highest BCUT2D eigenvalue weighted by Crippen LogP contribution is 2.33. The molecule has 0 fully saturated rings. The van der Waals surface area contributed by atoms with Gasteiger partial charge in [-0.1, -0.05) is 22.8 Å². The summed E-state index contributed by atoms with van der Waals surface area (Å²) in [4.78, 5) is 31.6. The first-order valence-corrected chi connectivity index (χ1v) is 10.9. The van der Waals surface area contributed by atoms with Gasteiger partial charge in [-0.3, -0.25) is 19.0 Å². The first-order chi connectivity index (χ1) is 17.9. The van der Waals surface area contributed by atoms with Crippen molar-refractivity contribution in [3.63, 3.8) is 0 Å². The normalized spacial score (nSPS) is 13.9. The van der Waals surface area contributed by atoms with E-state index in [1.807, 2.05) is 19.9 Å². The number of pyridine rings is 1. The lowest BCUT2D eigenvalue weighted by Gasteiger charge is -2.19. The molecule has 0 spiro atoms. The molecule has 5 aromatic rings. The Morgan fingerprint density at radius 3 is 2.80 bits per heavy atom. The Kier molecular flexibility index (Phi) is 4.68. The number of halogens is 1. The second-order valence-electron chi connectivity index (χ2n) is 8.13. The highest BCUT2D eigenvalue weighted by atomic mass is 35.5. The fraction of sp³-hybridized carbons (Fsp3) is 0.208. The second-order valence-corrected chi connectivity index (χ2v) is 8.52. The van der Waals surface area contributed by atoms with E-state index in [0.29, 0.717) is 33.3 Å². The molecule has 4 heterocycles. The Morgan fingerprint density at radius 2 is 2.09 bits per heavy atom. The molecular formula is C24H21ClN6O4. The number of aromatic amines is 1. The van der Waals surface area contributed by atoms with Crippen LogP contribution in [0.1, 0.15) is 33.8 Å². The highest BCUT2D eigenvalue weighted by Gasteiger charge is 2.21. The van der Waals surface area contributed by atoms with Crippen LogP contribution in [-0.2, 0) is 6.98 Å². The van der Waals surface area contributed by atoms with E-state index >= 15 is 0 Å². The Balaban J connectivity index is 1.63. The van der Waals surface area contributed by atoms with Crippen LogP contribution in [0, 0.1) is 13.8 Å². The SMILES string of the molecule is [2H]C([2H])([2H])n1cc(-c2oc3c(C(C)Nc4ccc(Cl)nc4-c4noc(=O)[nH]4)cc(C)cc3c(=O)c2C)cn1. The molecule has 11 heteroatoms. The van der Waals surface area contributed by atoms with Gasteiger partial charge in [-0.15, -0.1) is 0 Å². The first kappa shape index (κ1) is 19.2. The van der Waals surface area contributed by atoms with Gasteiger partial charge in [0.2, 0.25) is 5.82 Å². The van der Waals surface area contributed by atoms with Crippen LogP contribution in [0.5, 0.6) is 0 Å². The van der Waals surface area contributed by atoms with Crippen molar-refractivity contribution in [3.05, 3.63) is 79.3 Å². The van der Waals surface area contributed by atoms with E-state index in [2.05, 4.69) is 30.1 Å². The van der Waals surface area contributed by atoms with E-state index in [1.165, 1.54) is 12.4 Å². The van der Waals surface area contributed by atoms with E-state index in [0.717, 1.165) is 10.2 Å². The summed E-state index contributed by atoms with van der Waals surface area (Å²) < 4.78 is 34.5. The lowest BCUT2D eigenvalue weighted by Crippen LogP contribution is -2.13. The van der Waals surface area contributed by atoms with Gasteiger partial charge < -0.3 is 9.73 Å². The number of aromatic nitrogens is 5. The lowest BCUT2D eigenvalue weighted by atomic mass is 9.99. The number of rotatable bonds is 5. The largest absolute Gasteiger partial charge is 0.455 e. The van der Waals surface area contributed by atoms with Gasteiger partial charge in [0.05, 0.1) is 28.9 Å². The number of aryl methyl sites for hydroxylation is 2. The third-order valence-corrected chi connectivity index (χ3v) is 5.81. The molecule has 0 aliphatic rings. The van der Waals surface area contributed by atoms with Crippen LogP contribution in [0.25, 0.3) is 33.8 Å². The second kappa shape index (κ2) is 8.55. The van der Waals surface area contributed by atoms with Crippen LogP contribution < -0.4 is 16.5 Å². The minimum Gasteiger partial charge on any atom is -0.455 e. The van der Waals surface area contributed by atoms with Crippen molar-refractivity contribution in [2.45, 2.75) is 26.8 Å². The summed E-state index contributed by atoms with van der Waals surface area (Å²) in [6, 6.07) is 6.46. The van der Waals surface area contributed by atoms with Crippen molar-refractivity contribution in [3.8, 4) is 22.8 Å². The van der Waals surface area contributed by atoms with Crippen LogP contribution >= 0.6 is 11.6 Å². The number of anilines is 1. The third-order valence-electron chi connectivity index (χ3n) is 5.60. The molecule has 0 saturated carbocycles. The summed E-state index contributed by atoms with van der Waals surface area (Å²) in [6.45, 7) is 2.89. The number of nitrogens with one attached hydrogen (secondary N) is 2. The summed E-state index contributed by atoms with van der Waals surface area (Å²) >= 11 is 6.08. The monoisotopic (exact) mass is 495 g/mol. The average molecular weight is 496 g/mol. The van der Waals surface area contributed by atoms with Crippen LogP contribution in [0.15, 0.2) is 55.2 Å². The van der Waals surface area contributed by atoms with Crippen molar-refractivity contribution >= 4 is 28.3 Å². The Morgan fingerprint density at radius 1 is 1.26 bits per heavy atom. The first-order valence-electron chi connectivity index (χ1n) is 12.1. The van der Waals surface area contributed by atoms with Gasteiger partial charge in [0, 0.05) is 28.4 Å². The molecular weight excluding hydrogens is 472 g/mol. The van der Waals surface area contributed by atoms with Crippen molar-refractivity contribution < 1.29 is 13.1 Å². The minimum atomic E-state index is -2.47. The van der Waals surface area contributed by atoms with Gasteiger partial charge in [-0.05, 0) is 44.5 Å². The van der Waals surface area contributed by atoms with Crippen molar-refractivity contribution in [1.82, 2.24) is 24.9 Å². The smallest absolute Gasteiger partial charge is 0.439 e. The van der Waals surface area contributed by atoms with Gasteiger partial charge in [0.25, 0.3) is 0 Å². The summed E-state index contributed by atoms with van der Waals surface area (Å²) in [5.74, 6) is -0.418. The zero-order chi connectivity index (χ0) is 27.4. The molecule has 1 unspecified atom stereocenters. The van der Waals surface area contributed by atoms with Gasteiger partial charge in [0.15, 0.2) is 5.43 Å². The third kappa shape index (κ3) is 4.12. The molecule has 0 aliphatic heterocycles. The van der Waals surface area contributed by atoms with Crippen LogP contribution in [0.4, 0.5) is 5.69 Å². The van der Waals surface area contributed by atoms with Crippen LogP contribution in [0.2, 0.25) is 5.15 Å². The molecule has 5 rings (SSSR count). The predicted molar refractivity (Wildman–Crippen MR) is 132 cm³/mol. The van der Waals surface area contributed by atoms with E-state index < -0.39 is 18.8 Å². The van der Waals surface area contributed by atoms with Crippen molar-refractivity contribution in [2.75, 3.05) is 5.32 Å². The summed E-state index contributed by atoms with van der Waals surface area (Å²) in [7, 11) is 0. The van der Waals surface area contributed by atoms with E-state index in [4.69, 9.17) is 20.1 Å². The minimum absolute atomic E-state index is 0.0945. The quantitative estimate of drug-likeness (QED) is 0.343. The standard InChI is InChI=1S/C24H21ClN6O4/c1-11-7-15(13(3)27-17-5-6-18(25)28-19(17)23-29-24(33)35-30-23)22-16(8-11)20(32)12(2)21(34-22)14-9-26-31(4)10-14/h5-10,13,27H,1-4H3,(H,29,30,33)/i4D3. The van der Waals surface area contributed by atoms with E-state index in [-0.39, 0.29) is 27.9 Å². The molecule has 0 bridgehead atoms. The van der Waals surface area contributed by atoms with Gasteiger partial charge in [-0.2, -0.15) is 5.10 Å². The average Bonchev–Trinajstić information content (AvgIpc) is 3.52. The Hall–Kier alpha value is -4.18. The van der Waals surface area contributed by atoms with Crippen LogP contribution in [-0.4, -0.2) is 24.9 Å². The van der Waals surface area contributed by atoms with Crippen LogP contribution in [0.3, 0.4) is 0 Å². The molecule has 1 aromatic carbocycles. The predicted octanol–water partition coefficient (Wildman–Crippen LogP) is 4.38. The summed E-state index contributed by atoms with van der Waals surface area (Å²) in [5.41, 5.74) is 3.05. The Labute approximate surface area is 207 Å². The van der Waals surface area contributed by atoms with Crippen molar-refractivity contribution in [2.24, 2.45) is 6.98 Å². The fourth-order valence-electron chi connectivity index (χ4n) is 3.98. The van der Waals surface area contributed by atoms with Gasteiger partial charge >= 0.3 is 5.76 Å². The van der Waals surface area contributed by atoms with Crippen molar-refractivity contribution in [1.29, 1.82) is 0 Å². The van der Waals surface area contributed by atoms with E-state index in [1.54, 1.807) is 25.1 Å². The molecule has 2 N–H and O–H groups in total. The number of H-pyrrole nitrogens is 1. The number of hydrogen-bond acceptors (Lipinski definition) is 8. The number of hydrogen-bond donors (Lipinski definition) is 2. The molecule has 0 amide bonds. The number of nitrogens with zero attached hydrogens (tertiary/aromatic N) is 4. The van der Waals surface area contributed by atoms with Gasteiger partial charge in [0.1, 0.15) is 22.2 Å². The molecule has 4 aromatic heterocycles. The molecule has 0 saturated heterocycles. The zero-order valence-corrected chi connectivity index (χ0v) is 19.6. The zero-order valence-electron chi connectivity index (χ0n) is 21.8. The molecule has 35 heavy (non-hydrogen) atoms. The summed E-state index contributed by atoms with van der Waals surface area (Å²) in [5, 5.41) is 11.5. The fourth-order valence-corrected chi connectivity index (χ4v) is 4.13. The number of fused-ring (bicyclic) bond motifs is 1. The Bertz CT molecular complexity index is 1800. The lowest BCUT2D eigenvalue weighted by molar-refractivity contribution is 0.388. The molecule has 0 aliphatic carbocycles. The topological polar surface area (TPSA) is 132 Å². The van der Waals surface area contributed by atoms with Gasteiger partial charge in [-0.25, -0.2) is 9.78 Å². The molecule has 1 atom stereocenters. The highest BCUT2D eigenvalue weighted by molar-refractivity contribution is 6.29. The molecule has 10 nitrogen and oxygen atoms in total. The van der Waals surface area contributed by atoms with E-state index in [9.17, 15) is 9.59 Å².